The molecule has 1 aliphatic rings. The van der Waals surface area contributed by atoms with Crippen molar-refractivity contribution in [2.45, 2.75) is 35.5 Å². The quantitative estimate of drug-likeness (QED) is 0.290. The Bertz CT molecular complexity index is 1690. The summed E-state index contributed by atoms with van der Waals surface area (Å²) in [7, 11) is -6.55. The number of benzene rings is 2. The number of rotatable bonds is 10. The van der Waals surface area contributed by atoms with E-state index in [0.29, 0.717) is 43.1 Å². The molecule has 13 heteroatoms. The van der Waals surface area contributed by atoms with Gasteiger partial charge in [0.05, 0.1) is 34.7 Å². The third kappa shape index (κ3) is 6.40. The zero-order valence-electron chi connectivity index (χ0n) is 21.8. The molecule has 0 bridgehead atoms. The standard InChI is InChI=1S/C27H30N6O5S2/c1-32-17-21(27(31-32)20-7-3-2-4-8-20)16-30-40(36,37)24-10-11-25(26(15-24)39(28,34)35)33-14-12-23(18-33)38-19-22-9-5-6-13-29-22/h2-11,13,15,17,23,30H,12,14,16,18-19H2,1H3,(H2,28,34,35). The number of aromatic nitrogens is 3. The van der Waals surface area contributed by atoms with E-state index in [4.69, 9.17) is 9.88 Å². The van der Waals surface area contributed by atoms with Gasteiger partial charge in [0.1, 0.15) is 4.90 Å². The molecule has 2 aromatic heterocycles. The minimum Gasteiger partial charge on any atom is -0.370 e. The Morgan fingerprint density at radius 1 is 1.05 bits per heavy atom. The second-order valence-corrected chi connectivity index (χ2v) is 12.8. The molecule has 3 heterocycles. The Balaban J connectivity index is 1.33. The van der Waals surface area contributed by atoms with Crippen molar-refractivity contribution in [2.24, 2.45) is 12.2 Å². The summed E-state index contributed by atoms with van der Waals surface area (Å²) >= 11 is 0. The Labute approximate surface area is 233 Å². The van der Waals surface area contributed by atoms with Gasteiger partial charge in [-0.05, 0) is 36.8 Å². The van der Waals surface area contributed by atoms with Gasteiger partial charge in [0, 0.05) is 50.2 Å². The monoisotopic (exact) mass is 582 g/mol. The van der Waals surface area contributed by atoms with E-state index in [1.54, 1.807) is 24.1 Å². The van der Waals surface area contributed by atoms with E-state index in [1.807, 2.05) is 53.4 Å². The van der Waals surface area contributed by atoms with Crippen LogP contribution < -0.4 is 14.8 Å². The maximum atomic E-state index is 13.2. The summed E-state index contributed by atoms with van der Waals surface area (Å²) in [4.78, 5) is 5.63. The Kier molecular flexibility index (Phi) is 8.01. The molecule has 3 N–H and O–H groups in total. The first-order valence-corrected chi connectivity index (χ1v) is 15.6. The molecule has 0 spiro atoms. The van der Waals surface area contributed by atoms with Crippen LogP contribution in [0.2, 0.25) is 0 Å². The van der Waals surface area contributed by atoms with Gasteiger partial charge in [-0.3, -0.25) is 9.67 Å². The van der Waals surface area contributed by atoms with E-state index in [2.05, 4.69) is 14.8 Å². The van der Waals surface area contributed by atoms with Crippen molar-refractivity contribution in [3.8, 4) is 11.3 Å². The van der Waals surface area contributed by atoms with Crippen molar-refractivity contribution >= 4 is 25.7 Å². The van der Waals surface area contributed by atoms with Crippen molar-refractivity contribution in [3.63, 3.8) is 0 Å². The van der Waals surface area contributed by atoms with Crippen LogP contribution in [0, 0.1) is 0 Å². The van der Waals surface area contributed by atoms with Crippen LogP contribution in [-0.2, 0) is 45.0 Å². The summed E-state index contributed by atoms with van der Waals surface area (Å²) in [6.45, 7) is 1.27. The van der Waals surface area contributed by atoms with E-state index in [0.717, 1.165) is 17.3 Å². The van der Waals surface area contributed by atoms with Crippen molar-refractivity contribution < 1.29 is 21.6 Å². The van der Waals surface area contributed by atoms with Gasteiger partial charge in [-0.25, -0.2) is 26.7 Å². The molecular weight excluding hydrogens is 552 g/mol. The molecule has 1 unspecified atom stereocenters. The van der Waals surface area contributed by atoms with Crippen LogP contribution in [0.1, 0.15) is 17.7 Å². The van der Waals surface area contributed by atoms with Crippen LogP contribution in [0.25, 0.3) is 11.3 Å². The maximum absolute atomic E-state index is 13.2. The minimum absolute atomic E-state index is 0.0335. The summed E-state index contributed by atoms with van der Waals surface area (Å²) in [6, 6.07) is 19.0. The number of hydrogen-bond acceptors (Lipinski definition) is 8. The Morgan fingerprint density at radius 3 is 2.55 bits per heavy atom. The molecule has 5 rings (SSSR count). The number of nitrogens with two attached hydrogens (primary N) is 1. The lowest BCUT2D eigenvalue weighted by Crippen LogP contribution is -2.27. The molecule has 4 aromatic rings. The van der Waals surface area contributed by atoms with Crippen molar-refractivity contribution in [1.82, 2.24) is 19.5 Å². The molecule has 1 aliphatic heterocycles. The third-order valence-corrected chi connectivity index (χ3v) is 8.97. The molecule has 11 nitrogen and oxygen atoms in total. The van der Waals surface area contributed by atoms with Gasteiger partial charge in [0.25, 0.3) is 0 Å². The summed E-state index contributed by atoms with van der Waals surface area (Å²) in [5, 5.41) is 10.00. The molecule has 40 heavy (non-hydrogen) atoms. The lowest BCUT2D eigenvalue weighted by atomic mass is 10.1. The number of pyridine rings is 1. The lowest BCUT2D eigenvalue weighted by molar-refractivity contribution is 0.0533. The molecular formula is C27H30N6O5S2. The maximum Gasteiger partial charge on any atom is 0.240 e. The molecule has 0 amide bonds. The second-order valence-electron chi connectivity index (χ2n) is 9.53. The molecule has 1 saturated heterocycles. The van der Waals surface area contributed by atoms with Crippen LogP contribution in [0.5, 0.6) is 0 Å². The molecule has 1 fully saturated rings. The summed E-state index contributed by atoms with van der Waals surface area (Å²) in [6.07, 6.45) is 3.97. The zero-order valence-corrected chi connectivity index (χ0v) is 23.5. The number of hydrogen-bond donors (Lipinski definition) is 2. The van der Waals surface area contributed by atoms with Gasteiger partial charge in [-0.1, -0.05) is 36.4 Å². The largest absolute Gasteiger partial charge is 0.370 e. The predicted molar refractivity (Wildman–Crippen MR) is 150 cm³/mol. The topological polar surface area (TPSA) is 150 Å². The average molecular weight is 583 g/mol. The minimum atomic E-state index is -4.23. The van der Waals surface area contributed by atoms with Gasteiger partial charge >= 0.3 is 0 Å². The summed E-state index contributed by atoms with van der Waals surface area (Å²) < 4.78 is 61.7. The highest BCUT2D eigenvalue weighted by atomic mass is 32.2. The fraction of sp³-hybridized carbons (Fsp3) is 0.259. The average Bonchev–Trinajstić information content (AvgIpc) is 3.57. The molecule has 1 atom stereocenters. The van der Waals surface area contributed by atoms with Gasteiger partial charge in [0.2, 0.25) is 20.0 Å². The second kappa shape index (κ2) is 11.5. The van der Waals surface area contributed by atoms with Gasteiger partial charge in [0.15, 0.2) is 0 Å². The Hall–Kier alpha value is -3.62. The molecule has 2 aromatic carbocycles. The number of primary sulfonamides is 1. The first-order valence-electron chi connectivity index (χ1n) is 12.6. The molecule has 0 saturated carbocycles. The van der Waals surface area contributed by atoms with E-state index in [-0.39, 0.29) is 22.4 Å². The highest BCUT2D eigenvalue weighted by Crippen LogP contribution is 2.31. The first-order chi connectivity index (χ1) is 19.1. The van der Waals surface area contributed by atoms with E-state index in [1.165, 1.54) is 12.1 Å². The highest BCUT2D eigenvalue weighted by Gasteiger charge is 2.29. The molecule has 0 aliphatic carbocycles. The van der Waals surface area contributed by atoms with E-state index in [9.17, 15) is 16.8 Å². The molecule has 0 radical (unpaired) electrons. The predicted octanol–water partition coefficient (Wildman–Crippen LogP) is 2.40. The fourth-order valence-electron chi connectivity index (χ4n) is 4.68. The third-order valence-electron chi connectivity index (χ3n) is 6.63. The number of anilines is 1. The van der Waals surface area contributed by atoms with Crippen LogP contribution >= 0.6 is 0 Å². The Morgan fingerprint density at radius 2 is 1.82 bits per heavy atom. The zero-order chi connectivity index (χ0) is 28.3. The molecule has 210 valence electrons. The van der Waals surface area contributed by atoms with Crippen molar-refractivity contribution in [1.29, 1.82) is 0 Å². The normalized spacial score (nSPS) is 15.9. The van der Waals surface area contributed by atoms with Crippen molar-refractivity contribution in [2.75, 3.05) is 18.0 Å². The highest BCUT2D eigenvalue weighted by molar-refractivity contribution is 7.90. The van der Waals surface area contributed by atoms with E-state index < -0.39 is 20.0 Å². The summed E-state index contributed by atoms with van der Waals surface area (Å²) in [5.41, 5.74) is 3.32. The van der Waals surface area contributed by atoms with E-state index >= 15 is 0 Å². The van der Waals surface area contributed by atoms with Crippen LogP contribution in [-0.4, -0.2) is 50.8 Å². The number of nitrogens with zero attached hydrogens (tertiary/aromatic N) is 4. The SMILES string of the molecule is Cn1cc(CNS(=O)(=O)c2ccc(N3CCC(OCc4ccccn4)C3)c(S(N)(=O)=O)c2)c(-c2ccccc2)n1. The van der Waals surface area contributed by atoms with Crippen molar-refractivity contribution in [3.05, 3.63) is 90.4 Å². The lowest BCUT2D eigenvalue weighted by Gasteiger charge is -2.22. The summed E-state index contributed by atoms with van der Waals surface area (Å²) in [5.74, 6) is 0. The number of aryl methyl sites for hydroxylation is 1. The van der Waals surface area contributed by atoms with Crippen LogP contribution in [0.15, 0.2) is 88.9 Å². The number of ether oxygens (including phenoxy) is 1. The fourth-order valence-corrected chi connectivity index (χ4v) is 6.57. The smallest absolute Gasteiger partial charge is 0.240 e. The van der Waals surface area contributed by atoms with Crippen LogP contribution in [0.3, 0.4) is 0 Å². The first kappa shape index (κ1) is 27.9. The van der Waals surface area contributed by atoms with Gasteiger partial charge in [-0.2, -0.15) is 5.10 Å². The van der Waals surface area contributed by atoms with Gasteiger partial charge < -0.3 is 9.64 Å². The number of nitrogens with one attached hydrogen (secondary N) is 1. The number of sulfonamides is 2. The van der Waals surface area contributed by atoms with Gasteiger partial charge in [-0.15, -0.1) is 0 Å². The van der Waals surface area contributed by atoms with Crippen LogP contribution in [0.4, 0.5) is 5.69 Å².